The molecule has 0 unspecified atom stereocenters. The maximum atomic E-state index is 13.3. The second-order valence-electron chi connectivity index (χ2n) is 12.5. The number of halogens is 1. The van der Waals surface area contributed by atoms with Gasteiger partial charge in [0.25, 0.3) is 5.88 Å². The van der Waals surface area contributed by atoms with Gasteiger partial charge in [-0.05, 0) is 75.3 Å². The monoisotopic (exact) mass is 593 g/mol. The minimum atomic E-state index is -1.21. The lowest BCUT2D eigenvalue weighted by molar-refractivity contribution is -0.162. The van der Waals surface area contributed by atoms with E-state index in [1.54, 1.807) is 24.4 Å². The lowest BCUT2D eigenvalue weighted by atomic mass is 9.82. The number of ether oxygens (including phenoxy) is 3. The second kappa shape index (κ2) is 13.3. The molecule has 9 heteroatoms. The van der Waals surface area contributed by atoms with Crippen molar-refractivity contribution >= 4 is 11.7 Å². The first-order chi connectivity index (χ1) is 20.3. The zero-order chi connectivity index (χ0) is 31.4. The van der Waals surface area contributed by atoms with Crippen LogP contribution in [0.1, 0.15) is 76.8 Å². The van der Waals surface area contributed by atoms with Gasteiger partial charge >= 0.3 is 5.97 Å². The molecule has 1 N–H and O–H groups in total. The highest BCUT2D eigenvalue weighted by atomic mass is 19.1. The fraction of sp³-hybridized carbons (Fsp3) is 0.500. The number of carbonyl (C=O) groups is 1. The molecule has 1 saturated heterocycles. The number of piperidine rings is 1. The summed E-state index contributed by atoms with van der Waals surface area (Å²) in [5, 5.41) is 10.4. The highest BCUT2D eigenvalue weighted by Crippen LogP contribution is 2.44. The molecule has 1 fully saturated rings. The average molecular weight is 594 g/mol. The summed E-state index contributed by atoms with van der Waals surface area (Å²) >= 11 is 0. The van der Waals surface area contributed by atoms with Gasteiger partial charge in [-0.2, -0.15) is 0 Å². The second-order valence-corrected chi connectivity index (χ2v) is 12.5. The first kappa shape index (κ1) is 32.2. The molecule has 0 saturated carbocycles. The number of pyridine rings is 2. The summed E-state index contributed by atoms with van der Waals surface area (Å²) in [5.41, 5.74) is 3.74. The number of hydrogen-bond donors (Lipinski definition) is 1. The fourth-order valence-electron chi connectivity index (χ4n) is 5.19. The van der Waals surface area contributed by atoms with Gasteiger partial charge in [0.15, 0.2) is 11.9 Å². The first-order valence-electron chi connectivity index (χ1n) is 14.9. The van der Waals surface area contributed by atoms with Crippen molar-refractivity contribution in [3.8, 4) is 22.9 Å². The van der Waals surface area contributed by atoms with Gasteiger partial charge in [0, 0.05) is 42.5 Å². The van der Waals surface area contributed by atoms with Gasteiger partial charge in [0.05, 0.1) is 30.7 Å². The summed E-state index contributed by atoms with van der Waals surface area (Å²) in [4.78, 5) is 24.5. The molecule has 1 aliphatic heterocycles. The predicted octanol–water partition coefficient (Wildman–Crippen LogP) is 7.18. The maximum absolute atomic E-state index is 13.3. The molecule has 43 heavy (non-hydrogen) atoms. The van der Waals surface area contributed by atoms with Gasteiger partial charge in [0.1, 0.15) is 5.82 Å². The van der Waals surface area contributed by atoms with Gasteiger partial charge in [-0.1, -0.05) is 32.9 Å². The van der Waals surface area contributed by atoms with Crippen molar-refractivity contribution in [3.05, 3.63) is 65.2 Å². The molecule has 0 aliphatic carbocycles. The number of aromatic nitrogens is 2. The van der Waals surface area contributed by atoms with Gasteiger partial charge in [-0.3, -0.25) is 4.98 Å². The molecule has 0 bridgehead atoms. The number of benzene rings is 1. The number of rotatable bonds is 12. The molecule has 4 rings (SSSR count). The highest BCUT2D eigenvalue weighted by molar-refractivity contribution is 5.85. The van der Waals surface area contributed by atoms with Crippen LogP contribution in [0.5, 0.6) is 11.6 Å². The van der Waals surface area contributed by atoms with E-state index >= 15 is 0 Å². The standard InChI is InChI=1S/C34H44FN3O5/c1-8-34(5,6)43-30(32(39)40)28-22(2)36-21-25(29(28)38-18-16-33(3,4)17-19-38)26-13-14-27(31(37-26)41-7)42-20-15-23-9-11-24(35)12-10-23/h9-14,21,30H,8,15-20H2,1-7H3,(H,39,40)/t30-/m0/s1. The molecular formula is C34H44FN3O5. The zero-order valence-corrected chi connectivity index (χ0v) is 26.4. The smallest absolute Gasteiger partial charge is 0.337 e. The van der Waals surface area contributed by atoms with Crippen molar-refractivity contribution in [1.29, 1.82) is 0 Å². The third kappa shape index (κ3) is 7.82. The first-order valence-corrected chi connectivity index (χ1v) is 14.9. The van der Waals surface area contributed by atoms with Gasteiger partial charge in [0.2, 0.25) is 0 Å². The van der Waals surface area contributed by atoms with Crippen molar-refractivity contribution in [2.75, 3.05) is 31.7 Å². The Bertz CT molecular complexity index is 1410. The third-order valence-corrected chi connectivity index (χ3v) is 8.35. The van der Waals surface area contributed by atoms with Crippen LogP contribution in [-0.4, -0.2) is 53.5 Å². The Morgan fingerprint density at radius 1 is 1.14 bits per heavy atom. The summed E-state index contributed by atoms with van der Waals surface area (Å²) in [5.74, 6) is -0.547. The predicted molar refractivity (Wildman–Crippen MR) is 165 cm³/mol. The van der Waals surface area contributed by atoms with Crippen LogP contribution in [0, 0.1) is 18.2 Å². The summed E-state index contributed by atoms with van der Waals surface area (Å²) in [6.45, 7) is 14.0. The minimum absolute atomic E-state index is 0.195. The summed E-state index contributed by atoms with van der Waals surface area (Å²) in [6, 6.07) is 9.98. The van der Waals surface area contributed by atoms with E-state index in [2.05, 4.69) is 23.7 Å². The zero-order valence-electron chi connectivity index (χ0n) is 26.4. The van der Waals surface area contributed by atoms with E-state index in [-0.39, 0.29) is 11.2 Å². The fourth-order valence-corrected chi connectivity index (χ4v) is 5.19. The van der Waals surface area contributed by atoms with Crippen molar-refractivity contribution in [1.82, 2.24) is 9.97 Å². The Balaban J connectivity index is 1.75. The highest BCUT2D eigenvalue weighted by Gasteiger charge is 2.36. The van der Waals surface area contributed by atoms with Crippen molar-refractivity contribution in [2.45, 2.75) is 78.9 Å². The Morgan fingerprint density at radius 3 is 2.42 bits per heavy atom. The van der Waals surface area contributed by atoms with Crippen LogP contribution in [0.2, 0.25) is 0 Å². The minimum Gasteiger partial charge on any atom is -0.488 e. The molecule has 0 spiro atoms. The number of carboxylic acids is 1. The number of methoxy groups -OCH3 is 1. The third-order valence-electron chi connectivity index (χ3n) is 8.35. The van der Waals surface area contributed by atoms with E-state index in [9.17, 15) is 14.3 Å². The molecular weight excluding hydrogens is 549 g/mol. The van der Waals surface area contributed by atoms with Crippen LogP contribution < -0.4 is 14.4 Å². The Labute approximate surface area is 254 Å². The summed E-state index contributed by atoms with van der Waals surface area (Å²) in [7, 11) is 1.53. The molecule has 232 valence electrons. The molecule has 2 aromatic heterocycles. The van der Waals surface area contributed by atoms with Gasteiger partial charge in [-0.25, -0.2) is 14.2 Å². The van der Waals surface area contributed by atoms with Crippen LogP contribution in [0.3, 0.4) is 0 Å². The molecule has 1 aromatic carbocycles. The van der Waals surface area contributed by atoms with E-state index in [1.165, 1.54) is 19.2 Å². The van der Waals surface area contributed by atoms with Crippen LogP contribution in [0.15, 0.2) is 42.6 Å². The number of anilines is 1. The summed E-state index contributed by atoms with van der Waals surface area (Å²) in [6.07, 6.45) is 3.72. The van der Waals surface area contributed by atoms with E-state index in [4.69, 9.17) is 19.2 Å². The molecule has 3 aromatic rings. The quantitative estimate of drug-likeness (QED) is 0.236. The van der Waals surface area contributed by atoms with Crippen molar-refractivity contribution < 1.29 is 28.5 Å². The Morgan fingerprint density at radius 2 is 1.81 bits per heavy atom. The Hall–Kier alpha value is -3.72. The van der Waals surface area contributed by atoms with Crippen LogP contribution in [0.25, 0.3) is 11.3 Å². The lowest BCUT2D eigenvalue weighted by Crippen LogP contribution is -2.39. The van der Waals surface area contributed by atoms with Crippen molar-refractivity contribution in [2.24, 2.45) is 5.41 Å². The number of aliphatic carboxylic acids is 1. The van der Waals surface area contributed by atoms with Gasteiger partial charge < -0.3 is 24.2 Å². The molecule has 0 radical (unpaired) electrons. The molecule has 3 heterocycles. The van der Waals surface area contributed by atoms with Crippen LogP contribution in [-0.2, 0) is 16.0 Å². The Kier molecular flexibility index (Phi) is 9.95. The maximum Gasteiger partial charge on any atom is 0.337 e. The molecule has 1 aliphatic rings. The van der Waals surface area contributed by atoms with E-state index in [1.807, 2.05) is 33.8 Å². The largest absolute Gasteiger partial charge is 0.488 e. The van der Waals surface area contributed by atoms with E-state index in [0.717, 1.165) is 37.2 Å². The molecule has 0 amide bonds. The normalized spacial score (nSPS) is 15.7. The topological polar surface area (TPSA) is 94.0 Å². The average Bonchev–Trinajstić information content (AvgIpc) is 2.97. The summed E-state index contributed by atoms with van der Waals surface area (Å²) < 4.78 is 31.1. The van der Waals surface area contributed by atoms with Crippen molar-refractivity contribution in [3.63, 3.8) is 0 Å². The van der Waals surface area contributed by atoms with E-state index in [0.29, 0.717) is 53.6 Å². The number of carboxylic acid groups (broad SMARTS) is 1. The lowest BCUT2D eigenvalue weighted by Gasteiger charge is -2.41. The van der Waals surface area contributed by atoms with E-state index < -0.39 is 17.7 Å². The molecule has 8 nitrogen and oxygen atoms in total. The number of aryl methyl sites for hydroxylation is 1. The molecule has 1 atom stereocenters. The van der Waals surface area contributed by atoms with Gasteiger partial charge in [-0.15, -0.1) is 0 Å². The number of hydrogen-bond acceptors (Lipinski definition) is 7. The van der Waals surface area contributed by atoms with Crippen LogP contribution in [0.4, 0.5) is 10.1 Å². The van der Waals surface area contributed by atoms with Crippen LogP contribution >= 0.6 is 0 Å². The SMILES string of the molecule is CCC(C)(C)O[C@H](C(=O)O)c1c(C)ncc(-c2ccc(OCCc3ccc(F)cc3)c(OC)n2)c1N1CCC(C)(C)CC1. The number of nitrogens with zero attached hydrogens (tertiary/aromatic N) is 3.